The van der Waals surface area contributed by atoms with Crippen molar-refractivity contribution in [1.29, 1.82) is 0 Å². The zero-order valence-corrected chi connectivity index (χ0v) is 18.0. The lowest BCUT2D eigenvalue weighted by atomic mass is 9.92. The molecular formula is C22H30F5N3. The predicted octanol–water partition coefficient (Wildman–Crippen LogP) is 7.01. The molecule has 1 aromatic carbocycles. The molecule has 0 N–H and O–H groups in total. The van der Waals surface area contributed by atoms with Gasteiger partial charge in [-0.2, -0.15) is 18.3 Å². The molecule has 168 valence electrons. The number of benzene rings is 1. The summed E-state index contributed by atoms with van der Waals surface area (Å²) in [6.07, 6.45) is 0.579. The molecular weight excluding hydrogens is 401 g/mol. The van der Waals surface area contributed by atoms with E-state index in [1.165, 1.54) is 44.9 Å². The van der Waals surface area contributed by atoms with E-state index in [1.54, 1.807) is 7.05 Å². The van der Waals surface area contributed by atoms with Crippen LogP contribution in [0.15, 0.2) is 18.3 Å². The first-order chi connectivity index (χ1) is 14.1. The van der Waals surface area contributed by atoms with E-state index in [0.717, 1.165) is 29.4 Å². The van der Waals surface area contributed by atoms with Crippen molar-refractivity contribution < 1.29 is 22.0 Å². The lowest BCUT2D eigenvalue weighted by Crippen LogP contribution is -2.25. The summed E-state index contributed by atoms with van der Waals surface area (Å²) >= 11 is 0. The monoisotopic (exact) mass is 431 g/mol. The van der Waals surface area contributed by atoms with Gasteiger partial charge in [0.15, 0.2) is 5.69 Å². The molecule has 3 rings (SSSR count). The minimum atomic E-state index is -4.71. The van der Waals surface area contributed by atoms with E-state index < -0.39 is 23.9 Å². The molecule has 0 saturated carbocycles. The van der Waals surface area contributed by atoms with E-state index in [1.807, 2.05) is 4.90 Å². The number of anilines is 1. The lowest BCUT2D eigenvalue weighted by molar-refractivity contribution is -0.141. The fraction of sp³-hybridized carbons (Fsp3) is 0.591. The zero-order chi connectivity index (χ0) is 22.5. The van der Waals surface area contributed by atoms with Crippen LogP contribution in [0, 0.1) is 0 Å². The van der Waals surface area contributed by atoms with Gasteiger partial charge in [0, 0.05) is 43.7 Å². The number of hydrogen-bond donors (Lipinski definition) is 0. The second-order valence-electron chi connectivity index (χ2n) is 7.66. The molecule has 1 aromatic heterocycles. The molecule has 0 saturated heterocycles. The Bertz CT molecular complexity index is 823. The number of rotatable bonds is 5. The van der Waals surface area contributed by atoms with E-state index in [0.29, 0.717) is 12.1 Å². The summed E-state index contributed by atoms with van der Waals surface area (Å²) in [4.78, 5) is 1.85. The smallest absolute Gasteiger partial charge is 0.374 e. The van der Waals surface area contributed by atoms with Crippen LogP contribution in [0.4, 0.5) is 27.6 Å². The van der Waals surface area contributed by atoms with E-state index in [9.17, 15) is 22.0 Å². The molecule has 30 heavy (non-hydrogen) atoms. The van der Waals surface area contributed by atoms with Gasteiger partial charge in [0.25, 0.3) is 6.43 Å². The molecule has 3 nitrogen and oxygen atoms in total. The van der Waals surface area contributed by atoms with E-state index in [2.05, 4.69) is 18.9 Å². The number of fused-ring (bicyclic) bond motifs is 1. The maximum absolute atomic E-state index is 13.5. The Hall–Kier alpha value is -2.12. The minimum Gasteiger partial charge on any atom is -0.374 e. The topological polar surface area (TPSA) is 21.1 Å². The van der Waals surface area contributed by atoms with Gasteiger partial charge in [-0.25, -0.2) is 8.78 Å². The van der Waals surface area contributed by atoms with Gasteiger partial charge in [-0.1, -0.05) is 39.5 Å². The van der Waals surface area contributed by atoms with Crippen molar-refractivity contribution >= 4 is 5.69 Å². The van der Waals surface area contributed by atoms with Crippen LogP contribution >= 0.6 is 0 Å². The van der Waals surface area contributed by atoms with Crippen LogP contribution in [0.2, 0.25) is 0 Å². The van der Waals surface area contributed by atoms with Crippen LogP contribution < -0.4 is 4.90 Å². The van der Waals surface area contributed by atoms with Crippen LogP contribution in [-0.2, 0) is 19.6 Å². The van der Waals surface area contributed by atoms with Gasteiger partial charge in [0.1, 0.15) is 0 Å². The van der Waals surface area contributed by atoms with Gasteiger partial charge in [-0.05, 0) is 36.1 Å². The molecule has 0 unspecified atom stereocenters. The van der Waals surface area contributed by atoms with E-state index in [4.69, 9.17) is 0 Å². The predicted molar refractivity (Wildman–Crippen MR) is 110 cm³/mol. The van der Waals surface area contributed by atoms with Gasteiger partial charge in [-0.3, -0.25) is 4.68 Å². The summed E-state index contributed by atoms with van der Waals surface area (Å²) in [5, 5.41) is 3.42. The van der Waals surface area contributed by atoms with Gasteiger partial charge in [-0.15, -0.1) is 0 Å². The third-order valence-corrected chi connectivity index (χ3v) is 5.18. The SMILES string of the molecule is CCCCCC.CN1CCCc2cc(-c3cn(C)nc3C(F)(F)F)c(C(F)F)cc21. The van der Waals surface area contributed by atoms with Crippen molar-refractivity contribution in [2.75, 3.05) is 18.5 Å². The highest BCUT2D eigenvalue weighted by Gasteiger charge is 2.38. The maximum atomic E-state index is 13.5. The van der Waals surface area contributed by atoms with Crippen LogP contribution in [0.5, 0.6) is 0 Å². The van der Waals surface area contributed by atoms with Gasteiger partial charge in [0.05, 0.1) is 0 Å². The summed E-state index contributed by atoms with van der Waals surface area (Å²) in [5.41, 5.74) is -0.523. The highest BCUT2D eigenvalue weighted by atomic mass is 19.4. The molecule has 1 aliphatic rings. The molecule has 0 fully saturated rings. The number of halogens is 5. The van der Waals surface area contributed by atoms with Crippen LogP contribution in [0.25, 0.3) is 11.1 Å². The third-order valence-electron chi connectivity index (χ3n) is 5.18. The summed E-state index contributed by atoms with van der Waals surface area (Å²) in [6.45, 7) is 5.20. The first kappa shape index (κ1) is 24.2. The molecule has 2 heterocycles. The molecule has 0 aliphatic carbocycles. The highest BCUT2D eigenvalue weighted by molar-refractivity contribution is 5.75. The van der Waals surface area contributed by atoms with E-state index >= 15 is 0 Å². The Morgan fingerprint density at radius 3 is 2.20 bits per heavy atom. The quantitative estimate of drug-likeness (QED) is 0.375. The van der Waals surface area contributed by atoms with E-state index in [-0.39, 0.29) is 11.1 Å². The minimum absolute atomic E-state index is 0.0977. The Balaban J connectivity index is 0.000000469. The van der Waals surface area contributed by atoms with Gasteiger partial charge in [0.2, 0.25) is 0 Å². The van der Waals surface area contributed by atoms with Crippen molar-refractivity contribution in [1.82, 2.24) is 9.78 Å². The van der Waals surface area contributed by atoms with Crippen molar-refractivity contribution in [3.05, 3.63) is 35.2 Å². The third kappa shape index (κ3) is 5.73. The number of aromatic nitrogens is 2. The largest absolute Gasteiger partial charge is 0.435 e. The van der Waals surface area contributed by atoms with Crippen molar-refractivity contribution in [3.8, 4) is 11.1 Å². The normalized spacial score (nSPS) is 13.9. The summed E-state index contributed by atoms with van der Waals surface area (Å²) < 4.78 is 67.7. The maximum Gasteiger partial charge on any atom is 0.435 e. The van der Waals surface area contributed by atoms with Gasteiger partial charge < -0.3 is 4.90 Å². The molecule has 0 atom stereocenters. The number of hydrogen-bond acceptors (Lipinski definition) is 2. The average Bonchev–Trinajstić information content (AvgIpc) is 3.08. The summed E-state index contributed by atoms with van der Waals surface area (Å²) in [5.74, 6) is 0. The summed E-state index contributed by atoms with van der Waals surface area (Å²) in [7, 11) is 3.13. The van der Waals surface area contributed by atoms with Crippen LogP contribution in [0.1, 0.15) is 69.2 Å². The van der Waals surface area contributed by atoms with Crippen LogP contribution in [0.3, 0.4) is 0 Å². The molecule has 0 amide bonds. The second kappa shape index (κ2) is 10.3. The lowest BCUT2D eigenvalue weighted by Gasteiger charge is -2.29. The van der Waals surface area contributed by atoms with Crippen molar-refractivity contribution in [2.45, 2.75) is 65.0 Å². The Morgan fingerprint density at radius 1 is 1.03 bits per heavy atom. The second-order valence-corrected chi connectivity index (χ2v) is 7.66. The Kier molecular flexibility index (Phi) is 8.26. The fourth-order valence-corrected chi connectivity index (χ4v) is 3.64. The average molecular weight is 431 g/mol. The number of alkyl halides is 5. The summed E-state index contributed by atoms with van der Waals surface area (Å²) in [6, 6.07) is 2.76. The molecule has 0 bridgehead atoms. The molecule has 2 aromatic rings. The van der Waals surface area contributed by atoms with Crippen molar-refractivity contribution in [2.24, 2.45) is 7.05 Å². The number of aryl methyl sites for hydroxylation is 2. The zero-order valence-electron chi connectivity index (χ0n) is 18.0. The fourth-order valence-electron chi connectivity index (χ4n) is 3.64. The molecule has 0 spiro atoms. The van der Waals surface area contributed by atoms with Gasteiger partial charge >= 0.3 is 6.18 Å². The molecule has 8 heteroatoms. The number of nitrogens with zero attached hydrogens (tertiary/aromatic N) is 3. The first-order valence-corrected chi connectivity index (χ1v) is 10.4. The number of unbranched alkanes of at least 4 members (excludes halogenated alkanes) is 3. The Labute approximate surface area is 174 Å². The standard InChI is InChI=1S/C16H16F5N3.C6H14/c1-23-5-3-4-9-6-10(11(15(17)18)7-13(9)23)12-8-24(2)22-14(12)16(19,20)21;1-3-5-6-4-2/h6-8,15H,3-5H2,1-2H3;3-6H2,1-2H3. The molecule has 1 aliphatic heterocycles. The molecule has 0 radical (unpaired) electrons. The van der Waals surface area contributed by atoms with Crippen LogP contribution in [-0.4, -0.2) is 23.4 Å². The van der Waals surface area contributed by atoms with Crippen molar-refractivity contribution in [3.63, 3.8) is 0 Å². The first-order valence-electron chi connectivity index (χ1n) is 10.4. The highest BCUT2D eigenvalue weighted by Crippen LogP contribution is 2.42. The Morgan fingerprint density at radius 2 is 1.67 bits per heavy atom.